The zero-order valence-electron chi connectivity index (χ0n) is 11.5. The van der Waals surface area contributed by atoms with Gasteiger partial charge in [0, 0.05) is 11.6 Å². The Balaban J connectivity index is 2.20. The molecule has 1 saturated heterocycles. The molecule has 0 atom stereocenters. The number of fused-ring (bicyclic) bond motifs is 1. The third kappa shape index (κ3) is 2.62. The summed E-state index contributed by atoms with van der Waals surface area (Å²) in [5, 5.41) is 11.4. The number of phenols is 1. The van der Waals surface area contributed by atoms with Gasteiger partial charge >= 0.3 is 16.8 Å². The van der Waals surface area contributed by atoms with Crippen LogP contribution in [0, 0.1) is 5.82 Å². The van der Waals surface area contributed by atoms with Gasteiger partial charge in [-0.25, -0.2) is 23.4 Å². The first-order chi connectivity index (χ1) is 11.2. The van der Waals surface area contributed by atoms with E-state index in [-0.39, 0.29) is 5.39 Å². The highest BCUT2D eigenvalue weighted by molar-refractivity contribution is 7.92. The van der Waals surface area contributed by atoms with E-state index < -0.39 is 57.9 Å². The van der Waals surface area contributed by atoms with Gasteiger partial charge in [-0.15, -0.1) is 0 Å². The molecule has 13 heteroatoms. The summed E-state index contributed by atoms with van der Waals surface area (Å²) in [7, 11) is -4.38. The van der Waals surface area contributed by atoms with E-state index in [0.29, 0.717) is 4.31 Å². The van der Waals surface area contributed by atoms with Crippen molar-refractivity contribution in [2.75, 3.05) is 16.2 Å². The number of anilines is 2. The van der Waals surface area contributed by atoms with E-state index in [0.717, 1.165) is 12.3 Å². The lowest BCUT2D eigenvalue weighted by Crippen LogP contribution is -2.30. The number of halogens is 3. The molecule has 2 heterocycles. The lowest BCUT2D eigenvalue weighted by atomic mass is 10.2. The number of rotatable bonds is 3. The van der Waals surface area contributed by atoms with Gasteiger partial charge in [0.05, 0.1) is 0 Å². The van der Waals surface area contributed by atoms with Gasteiger partial charge in [-0.3, -0.25) is 10.1 Å². The summed E-state index contributed by atoms with van der Waals surface area (Å²) < 4.78 is 64.8. The summed E-state index contributed by atoms with van der Waals surface area (Å²) in [4.78, 5) is 18.3. The summed E-state index contributed by atoms with van der Waals surface area (Å²) in [6.45, 7) is -3.74. The Morgan fingerprint density at radius 3 is 2.71 bits per heavy atom. The fourth-order valence-electron chi connectivity index (χ4n) is 2.16. The Bertz CT molecular complexity index is 952. The first-order valence-corrected chi connectivity index (χ1v) is 7.69. The molecule has 1 amide bonds. The molecule has 1 aliphatic rings. The predicted molar refractivity (Wildman–Crippen MR) is 75.2 cm³/mol. The van der Waals surface area contributed by atoms with Crippen molar-refractivity contribution in [1.82, 2.24) is 14.7 Å². The van der Waals surface area contributed by atoms with Crippen LogP contribution in [0.1, 0.15) is 0 Å². The number of hydrogen-bond donors (Lipinski definition) is 3. The molecule has 0 saturated carbocycles. The Morgan fingerprint density at radius 2 is 2.12 bits per heavy atom. The van der Waals surface area contributed by atoms with Gasteiger partial charge in [0.2, 0.25) is 5.95 Å². The molecule has 0 aliphatic carbocycles. The zero-order chi connectivity index (χ0) is 17.6. The summed E-state index contributed by atoms with van der Waals surface area (Å²) >= 11 is 0. The van der Waals surface area contributed by atoms with Gasteiger partial charge in [-0.05, 0) is 6.07 Å². The number of carbonyl (C=O) groups excluding carboxylic acids is 1. The SMILES string of the molecule is O=C1CN(c2c(O)cc3cnc(NC(F)F)nc3c2F)S(=O)(=O)N1. The second-order valence-corrected chi connectivity index (χ2v) is 6.27. The minimum Gasteiger partial charge on any atom is -0.506 e. The van der Waals surface area contributed by atoms with Crippen molar-refractivity contribution < 1.29 is 31.5 Å². The molecule has 1 fully saturated rings. The van der Waals surface area contributed by atoms with Crippen LogP contribution in [0.3, 0.4) is 0 Å². The van der Waals surface area contributed by atoms with E-state index in [1.807, 2.05) is 0 Å². The van der Waals surface area contributed by atoms with Gasteiger partial charge < -0.3 is 5.11 Å². The number of nitrogens with one attached hydrogen (secondary N) is 2. The monoisotopic (exact) mass is 363 g/mol. The maximum absolute atomic E-state index is 14.7. The highest BCUT2D eigenvalue weighted by Gasteiger charge is 2.38. The molecule has 1 aliphatic heterocycles. The molecule has 1 aromatic heterocycles. The molecule has 128 valence electrons. The van der Waals surface area contributed by atoms with E-state index in [1.165, 1.54) is 0 Å². The quantitative estimate of drug-likeness (QED) is 0.670. The number of alkyl halides is 2. The van der Waals surface area contributed by atoms with Gasteiger partial charge in [-0.2, -0.15) is 17.2 Å². The van der Waals surface area contributed by atoms with Crippen molar-refractivity contribution in [2.45, 2.75) is 6.55 Å². The fourth-order valence-corrected chi connectivity index (χ4v) is 3.33. The minimum absolute atomic E-state index is 0.0514. The van der Waals surface area contributed by atoms with E-state index in [4.69, 9.17) is 0 Å². The molecule has 1 aromatic carbocycles. The number of carbonyl (C=O) groups is 1. The highest BCUT2D eigenvalue weighted by Crippen LogP contribution is 2.37. The van der Waals surface area contributed by atoms with Crippen LogP contribution in [-0.4, -0.2) is 42.5 Å². The van der Waals surface area contributed by atoms with Crippen molar-refractivity contribution in [2.24, 2.45) is 0 Å². The maximum atomic E-state index is 14.7. The van der Waals surface area contributed by atoms with Crippen molar-refractivity contribution in [3.8, 4) is 5.75 Å². The van der Waals surface area contributed by atoms with Crippen molar-refractivity contribution in [3.63, 3.8) is 0 Å². The third-order valence-corrected chi connectivity index (χ3v) is 4.45. The molecule has 24 heavy (non-hydrogen) atoms. The Labute approximate surface area is 132 Å². The Hall–Kier alpha value is -2.83. The highest BCUT2D eigenvalue weighted by atomic mass is 32.2. The Kier molecular flexibility index (Phi) is 3.59. The van der Waals surface area contributed by atoms with Gasteiger partial charge in [0.25, 0.3) is 5.91 Å². The predicted octanol–water partition coefficient (Wildman–Crippen LogP) is 0.290. The average molecular weight is 363 g/mol. The molecule has 0 bridgehead atoms. The topological polar surface area (TPSA) is 125 Å². The normalized spacial score (nSPS) is 16.7. The number of aromatic nitrogens is 2. The van der Waals surface area contributed by atoms with Crippen LogP contribution >= 0.6 is 0 Å². The van der Waals surface area contributed by atoms with Gasteiger partial charge in [0.15, 0.2) is 5.82 Å². The largest absolute Gasteiger partial charge is 0.506 e. The van der Waals surface area contributed by atoms with Gasteiger partial charge in [0.1, 0.15) is 23.5 Å². The van der Waals surface area contributed by atoms with Crippen LogP contribution in [0.2, 0.25) is 0 Å². The molecule has 3 N–H and O–H groups in total. The number of benzene rings is 1. The summed E-state index contributed by atoms with van der Waals surface area (Å²) in [5.41, 5.74) is -1.32. The number of aromatic hydroxyl groups is 1. The molecule has 0 unspecified atom stereocenters. The smallest absolute Gasteiger partial charge is 0.326 e. The summed E-state index contributed by atoms with van der Waals surface area (Å²) in [5.74, 6) is -3.59. The van der Waals surface area contributed by atoms with E-state index in [9.17, 15) is 31.5 Å². The van der Waals surface area contributed by atoms with Crippen LogP contribution in [0.5, 0.6) is 5.75 Å². The standard InChI is InChI=1S/C11H8F3N5O4S/c12-7-8-4(2-15-11(16-8)17-10(13)14)1-5(20)9(7)19-3-6(21)18-24(19,22)23/h1-2,10,20H,3H2,(H,18,21)(H,15,16,17). The van der Waals surface area contributed by atoms with E-state index in [1.54, 1.807) is 10.0 Å². The first-order valence-electron chi connectivity index (χ1n) is 6.25. The molecule has 9 nitrogen and oxygen atoms in total. The van der Waals surface area contributed by atoms with Crippen LogP contribution in [-0.2, 0) is 15.0 Å². The number of amides is 1. The molecule has 2 aromatic rings. The van der Waals surface area contributed by atoms with E-state index >= 15 is 0 Å². The zero-order valence-corrected chi connectivity index (χ0v) is 12.3. The maximum Gasteiger partial charge on any atom is 0.326 e. The van der Waals surface area contributed by atoms with Gasteiger partial charge in [-0.1, -0.05) is 0 Å². The lowest BCUT2D eigenvalue weighted by molar-refractivity contribution is -0.117. The minimum atomic E-state index is -4.38. The van der Waals surface area contributed by atoms with E-state index in [2.05, 4.69) is 9.97 Å². The lowest BCUT2D eigenvalue weighted by Gasteiger charge is -2.17. The van der Waals surface area contributed by atoms with Crippen LogP contribution in [0.25, 0.3) is 10.9 Å². The number of hydrogen-bond acceptors (Lipinski definition) is 7. The molecule has 3 rings (SSSR count). The molecular weight excluding hydrogens is 355 g/mol. The van der Waals surface area contributed by atoms with Crippen molar-refractivity contribution in [3.05, 3.63) is 18.1 Å². The second kappa shape index (κ2) is 5.36. The summed E-state index contributed by atoms with van der Waals surface area (Å²) in [6.07, 6.45) is 0.974. The molecular formula is C11H8F3N5O4S. The average Bonchev–Trinajstić information content (AvgIpc) is 2.72. The van der Waals surface area contributed by atoms with Crippen LogP contribution < -0.4 is 14.3 Å². The second-order valence-electron chi connectivity index (χ2n) is 4.67. The Morgan fingerprint density at radius 1 is 1.42 bits per heavy atom. The summed E-state index contributed by atoms with van der Waals surface area (Å²) in [6, 6.07) is 0.957. The fraction of sp³-hybridized carbons (Fsp3) is 0.182. The van der Waals surface area contributed by atoms with Crippen molar-refractivity contribution in [1.29, 1.82) is 0 Å². The first kappa shape index (κ1) is 16.0. The molecule has 0 radical (unpaired) electrons. The van der Waals surface area contributed by atoms with Crippen molar-refractivity contribution >= 4 is 38.7 Å². The number of nitrogens with zero attached hydrogens (tertiary/aromatic N) is 3. The third-order valence-electron chi connectivity index (χ3n) is 3.08. The number of phenolic OH excluding ortho intramolecular Hbond substituents is 1. The molecule has 0 spiro atoms. The van der Waals surface area contributed by atoms with Crippen LogP contribution in [0.4, 0.5) is 24.8 Å². The van der Waals surface area contributed by atoms with Crippen LogP contribution in [0.15, 0.2) is 12.3 Å².